The molecule has 0 heterocycles. The second kappa shape index (κ2) is 70.1. The second-order valence-corrected chi connectivity index (χ2v) is 23.2. The number of carbonyl (C=O) groups is 2. The molecule has 5 nitrogen and oxygen atoms in total. The Morgan fingerprint density at radius 2 is 0.537 bits per heavy atom. The molecule has 1 atom stereocenters. The highest BCUT2D eigenvalue weighted by Crippen LogP contribution is 2.18. The van der Waals surface area contributed by atoms with Crippen LogP contribution in [0.4, 0.5) is 0 Å². The minimum atomic E-state index is -0.775. The third kappa shape index (κ3) is 67.3. The van der Waals surface area contributed by atoms with E-state index in [0.717, 1.165) is 83.5 Å². The molecule has 0 aliphatic rings. The van der Waals surface area contributed by atoms with E-state index in [-0.39, 0.29) is 25.2 Å². The standard InChI is InChI=1S/C75H132O5/c1-3-5-7-9-11-13-15-17-19-21-23-25-27-29-31-32-33-34-35-36-37-38-39-40-41-42-44-46-48-50-52-54-56-58-60-62-64-66-68-70-75(78)80-73(71-76)72-79-74(77)69-67-65-63-61-59-57-55-53-51-49-47-45-43-30-28-26-24-22-20-18-16-14-12-10-8-6-4-2/h5,7,11,13,16-19,22-25,29,31,33-34,73,76H,3-4,6,8-10,12,14-15,20-21,26-28,30,32,35-72H2,1-2H3/b7-5-,13-11-,18-16-,19-17-,24-22-,25-23-,31-29-,34-33-. The van der Waals surface area contributed by atoms with Gasteiger partial charge in [-0.25, -0.2) is 0 Å². The Balaban J connectivity index is 3.43. The molecular formula is C75H132O5. The van der Waals surface area contributed by atoms with Gasteiger partial charge in [0.25, 0.3) is 0 Å². The van der Waals surface area contributed by atoms with E-state index < -0.39 is 6.10 Å². The zero-order valence-corrected chi connectivity index (χ0v) is 53.1. The van der Waals surface area contributed by atoms with Gasteiger partial charge in [-0.15, -0.1) is 0 Å². The van der Waals surface area contributed by atoms with Crippen LogP contribution in [0.15, 0.2) is 97.2 Å². The minimum Gasteiger partial charge on any atom is -0.462 e. The fourth-order valence-corrected chi connectivity index (χ4v) is 10.2. The number of allylic oxidation sites excluding steroid dienone is 16. The summed E-state index contributed by atoms with van der Waals surface area (Å²) >= 11 is 0. The van der Waals surface area contributed by atoms with E-state index in [0.29, 0.717) is 12.8 Å². The number of hydrogen-bond acceptors (Lipinski definition) is 5. The van der Waals surface area contributed by atoms with Crippen molar-refractivity contribution in [3.8, 4) is 0 Å². The number of esters is 2. The van der Waals surface area contributed by atoms with Crippen LogP contribution in [0.5, 0.6) is 0 Å². The maximum Gasteiger partial charge on any atom is 0.306 e. The minimum absolute atomic E-state index is 0.0643. The number of ether oxygens (including phenoxy) is 2. The van der Waals surface area contributed by atoms with Gasteiger partial charge in [0, 0.05) is 12.8 Å². The van der Waals surface area contributed by atoms with E-state index >= 15 is 0 Å². The molecule has 1 unspecified atom stereocenters. The average Bonchev–Trinajstić information content (AvgIpc) is 3.46. The third-order valence-corrected chi connectivity index (χ3v) is 15.4. The van der Waals surface area contributed by atoms with Crippen molar-refractivity contribution in [2.75, 3.05) is 13.2 Å². The van der Waals surface area contributed by atoms with Crippen LogP contribution in [0.1, 0.15) is 348 Å². The zero-order valence-electron chi connectivity index (χ0n) is 53.1. The van der Waals surface area contributed by atoms with Crippen LogP contribution in [0.25, 0.3) is 0 Å². The van der Waals surface area contributed by atoms with Crippen LogP contribution < -0.4 is 0 Å². The maximum atomic E-state index is 12.4. The summed E-state index contributed by atoms with van der Waals surface area (Å²) in [5.41, 5.74) is 0. The molecule has 462 valence electrons. The van der Waals surface area contributed by atoms with Crippen molar-refractivity contribution >= 4 is 11.9 Å². The van der Waals surface area contributed by atoms with Crippen molar-refractivity contribution in [3.63, 3.8) is 0 Å². The first-order chi connectivity index (χ1) is 39.6. The summed E-state index contributed by atoms with van der Waals surface area (Å²) in [5.74, 6) is -0.576. The number of unbranched alkanes of at least 4 members (excludes halogenated alkanes) is 40. The molecule has 0 aliphatic heterocycles. The zero-order chi connectivity index (χ0) is 57.6. The summed E-state index contributed by atoms with van der Waals surface area (Å²) in [7, 11) is 0. The topological polar surface area (TPSA) is 72.8 Å². The lowest BCUT2D eigenvalue weighted by atomic mass is 10.0. The Hall–Kier alpha value is -3.18. The van der Waals surface area contributed by atoms with Gasteiger partial charge >= 0.3 is 11.9 Å². The molecule has 1 N–H and O–H groups in total. The van der Waals surface area contributed by atoms with Crippen molar-refractivity contribution in [2.45, 2.75) is 354 Å². The van der Waals surface area contributed by atoms with Gasteiger partial charge in [0.1, 0.15) is 6.61 Å². The monoisotopic (exact) mass is 1110 g/mol. The lowest BCUT2D eigenvalue weighted by Gasteiger charge is -2.15. The van der Waals surface area contributed by atoms with E-state index in [2.05, 4.69) is 111 Å². The Morgan fingerprint density at radius 3 is 0.812 bits per heavy atom. The summed E-state index contributed by atoms with van der Waals surface area (Å²) < 4.78 is 10.8. The van der Waals surface area contributed by atoms with Gasteiger partial charge < -0.3 is 14.6 Å². The summed E-state index contributed by atoms with van der Waals surface area (Å²) in [6.07, 6.45) is 100. The van der Waals surface area contributed by atoms with Crippen molar-refractivity contribution in [1.29, 1.82) is 0 Å². The summed E-state index contributed by atoms with van der Waals surface area (Å²) in [4.78, 5) is 24.6. The van der Waals surface area contributed by atoms with Crippen LogP contribution in [0.2, 0.25) is 0 Å². The molecule has 0 spiro atoms. The van der Waals surface area contributed by atoms with Gasteiger partial charge in [0.05, 0.1) is 6.61 Å². The average molecular weight is 1110 g/mol. The van der Waals surface area contributed by atoms with Crippen LogP contribution in [0, 0.1) is 0 Å². The molecule has 0 bridgehead atoms. The van der Waals surface area contributed by atoms with Gasteiger partial charge in [-0.2, -0.15) is 0 Å². The van der Waals surface area contributed by atoms with Gasteiger partial charge in [-0.05, 0) is 96.3 Å². The Labute approximate surface area is 498 Å². The van der Waals surface area contributed by atoms with Gasteiger partial charge in [-0.1, -0.05) is 336 Å². The van der Waals surface area contributed by atoms with Crippen LogP contribution in [-0.2, 0) is 19.1 Å². The van der Waals surface area contributed by atoms with Crippen molar-refractivity contribution < 1.29 is 24.2 Å². The number of aliphatic hydroxyl groups is 1. The van der Waals surface area contributed by atoms with Crippen molar-refractivity contribution in [1.82, 2.24) is 0 Å². The van der Waals surface area contributed by atoms with E-state index in [1.165, 1.54) is 238 Å². The highest BCUT2D eigenvalue weighted by Gasteiger charge is 2.16. The molecule has 5 heteroatoms. The summed E-state index contributed by atoms with van der Waals surface area (Å²) in [6.45, 7) is 4.05. The molecule has 0 rings (SSSR count). The first-order valence-electron chi connectivity index (χ1n) is 34.8. The molecular weight excluding hydrogens is 981 g/mol. The number of aliphatic hydroxyl groups excluding tert-OH is 1. The largest absolute Gasteiger partial charge is 0.462 e. The molecule has 0 saturated heterocycles. The van der Waals surface area contributed by atoms with Gasteiger partial charge in [-0.3, -0.25) is 9.59 Å². The van der Waals surface area contributed by atoms with Crippen LogP contribution in [0.3, 0.4) is 0 Å². The quantitative estimate of drug-likeness (QED) is 0.0373. The SMILES string of the molecule is CC/C=C\C/C=C\C/C=C\C/C=C\C/C=C\C/C=C\CCCCCCCCCCCCCCCCCCCCCCC(=O)OC(CO)COC(=O)CCCCCCCCCCCCCCCCC/C=C\C/C=C\CCCCCCC. The molecule has 0 amide bonds. The predicted octanol–water partition coefficient (Wildman–Crippen LogP) is 24.2. The van der Waals surface area contributed by atoms with E-state index in [4.69, 9.17) is 9.47 Å². The molecule has 0 radical (unpaired) electrons. The third-order valence-electron chi connectivity index (χ3n) is 15.4. The first kappa shape index (κ1) is 76.8. The van der Waals surface area contributed by atoms with Gasteiger partial charge in [0.15, 0.2) is 6.10 Å². The maximum absolute atomic E-state index is 12.4. The smallest absolute Gasteiger partial charge is 0.306 e. The summed E-state index contributed by atoms with van der Waals surface area (Å²) in [6, 6.07) is 0. The van der Waals surface area contributed by atoms with Crippen molar-refractivity contribution in [3.05, 3.63) is 97.2 Å². The normalized spacial score (nSPS) is 12.8. The summed E-state index contributed by atoms with van der Waals surface area (Å²) in [5, 5.41) is 9.70. The predicted molar refractivity (Wildman–Crippen MR) is 352 cm³/mol. The Kier molecular flexibility index (Phi) is 67.3. The van der Waals surface area contributed by atoms with E-state index in [1.54, 1.807) is 0 Å². The molecule has 0 aromatic rings. The first-order valence-corrected chi connectivity index (χ1v) is 34.8. The fraction of sp³-hybridized carbons (Fsp3) is 0.760. The van der Waals surface area contributed by atoms with Crippen molar-refractivity contribution in [2.24, 2.45) is 0 Å². The van der Waals surface area contributed by atoms with Crippen LogP contribution >= 0.6 is 0 Å². The Bertz CT molecular complexity index is 1500. The molecule has 0 aromatic carbocycles. The Morgan fingerprint density at radius 1 is 0.300 bits per heavy atom. The van der Waals surface area contributed by atoms with E-state index in [9.17, 15) is 14.7 Å². The highest BCUT2D eigenvalue weighted by molar-refractivity contribution is 5.70. The molecule has 0 saturated carbocycles. The number of rotatable bonds is 64. The van der Waals surface area contributed by atoms with Gasteiger partial charge in [0.2, 0.25) is 0 Å². The number of carbonyl (C=O) groups excluding carboxylic acids is 2. The molecule has 0 aromatic heterocycles. The molecule has 0 fully saturated rings. The highest BCUT2D eigenvalue weighted by atomic mass is 16.6. The fourth-order valence-electron chi connectivity index (χ4n) is 10.2. The molecule has 80 heavy (non-hydrogen) atoms. The number of hydrogen-bond donors (Lipinski definition) is 1. The lowest BCUT2D eigenvalue weighted by Crippen LogP contribution is -2.28. The van der Waals surface area contributed by atoms with E-state index in [1.807, 2.05) is 0 Å². The lowest BCUT2D eigenvalue weighted by molar-refractivity contribution is -0.161. The second-order valence-electron chi connectivity index (χ2n) is 23.2. The molecule has 0 aliphatic carbocycles. The van der Waals surface area contributed by atoms with Crippen LogP contribution in [-0.4, -0.2) is 36.4 Å².